The Morgan fingerprint density at radius 2 is 1.66 bits per heavy atom. The summed E-state index contributed by atoms with van der Waals surface area (Å²) < 4.78 is 30.9. The lowest BCUT2D eigenvalue weighted by Crippen LogP contribution is -2.57. The molecule has 0 radical (unpaired) electrons. The third-order valence-corrected chi connectivity index (χ3v) is 5.68. The second-order valence-corrected chi connectivity index (χ2v) is 9.66. The third kappa shape index (κ3) is 9.32. The summed E-state index contributed by atoms with van der Waals surface area (Å²) in [6, 6.07) is 0. The number of sulfonamides is 1. The molecule has 2 aliphatic heterocycles. The molecule has 1 amide bonds. The van der Waals surface area contributed by atoms with Gasteiger partial charge in [-0.15, -0.1) is 24.0 Å². The first kappa shape index (κ1) is 26.3. The summed E-state index contributed by atoms with van der Waals surface area (Å²) in [5.41, 5.74) is -0.629. The zero-order chi connectivity index (χ0) is 20.8. The molecule has 0 saturated carbocycles. The third-order valence-electron chi connectivity index (χ3n) is 4.76. The van der Waals surface area contributed by atoms with Crippen molar-refractivity contribution in [3.8, 4) is 0 Å². The predicted molar refractivity (Wildman–Crippen MR) is 124 cm³/mol. The maximum Gasteiger partial charge on any atom is 0.236 e. The van der Waals surface area contributed by atoms with Gasteiger partial charge in [-0.05, 0) is 13.8 Å². The first-order chi connectivity index (χ1) is 13.1. The number of carbonyl (C=O) groups is 1. The SMILES string of the molecule is CN=C(NCC(C)(C)NS(C)(=O)=O)N1CCN(CC(=O)N2CCOCC2)CC1.I. The normalized spacial score (nSPS) is 19.7. The lowest BCUT2D eigenvalue weighted by molar-refractivity contribution is -0.136. The van der Waals surface area contributed by atoms with Crippen LogP contribution in [0.3, 0.4) is 0 Å². The number of carbonyl (C=O) groups excluding carboxylic acids is 1. The van der Waals surface area contributed by atoms with Crippen molar-refractivity contribution < 1.29 is 17.9 Å². The molecule has 2 fully saturated rings. The van der Waals surface area contributed by atoms with Crippen LogP contribution in [0.25, 0.3) is 0 Å². The van der Waals surface area contributed by atoms with E-state index in [1.165, 1.54) is 0 Å². The standard InChI is InChI=1S/C17H34N6O4S.HI/c1-17(2,20-28(4,25)26)14-19-16(18-3)23-7-5-21(6-8-23)13-15(24)22-9-11-27-12-10-22;/h20H,5-14H2,1-4H3,(H,18,19);1H. The molecule has 0 spiro atoms. The van der Waals surface area contributed by atoms with Gasteiger partial charge in [-0.1, -0.05) is 0 Å². The van der Waals surface area contributed by atoms with Crippen LogP contribution in [-0.4, -0.2) is 119 Å². The Morgan fingerprint density at radius 3 is 2.17 bits per heavy atom. The van der Waals surface area contributed by atoms with Gasteiger partial charge < -0.3 is 19.9 Å². The first-order valence-electron chi connectivity index (χ1n) is 9.62. The van der Waals surface area contributed by atoms with Crippen LogP contribution in [0.15, 0.2) is 4.99 Å². The molecule has 2 aliphatic rings. The minimum atomic E-state index is -3.28. The highest BCUT2D eigenvalue weighted by atomic mass is 127. The Morgan fingerprint density at radius 1 is 1.07 bits per heavy atom. The Balaban J connectivity index is 0.00000420. The van der Waals surface area contributed by atoms with E-state index in [0.29, 0.717) is 39.4 Å². The maximum absolute atomic E-state index is 12.4. The molecule has 2 heterocycles. The molecule has 12 heteroatoms. The van der Waals surface area contributed by atoms with Gasteiger partial charge in [0.2, 0.25) is 15.9 Å². The van der Waals surface area contributed by atoms with Gasteiger partial charge in [0.05, 0.1) is 26.0 Å². The van der Waals surface area contributed by atoms with E-state index < -0.39 is 15.6 Å². The number of rotatable bonds is 6. The number of nitrogens with zero attached hydrogens (tertiary/aromatic N) is 4. The van der Waals surface area contributed by atoms with Crippen LogP contribution in [0.5, 0.6) is 0 Å². The summed E-state index contributed by atoms with van der Waals surface area (Å²) in [5, 5.41) is 3.25. The van der Waals surface area contributed by atoms with Crippen molar-refractivity contribution in [1.29, 1.82) is 0 Å². The summed E-state index contributed by atoms with van der Waals surface area (Å²) in [5.74, 6) is 0.899. The van der Waals surface area contributed by atoms with E-state index in [1.54, 1.807) is 7.05 Å². The Hall–Kier alpha value is -0.700. The van der Waals surface area contributed by atoms with Crippen LogP contribution in [0.1, 0.15) is 13.8 Å². The van der Waals surface area contributed by atoms with E-state index in [9.17, 15) is 13.2 Å². The Kier molecular flexibility index (Phi) is 10.6. The van der Waals surface area contributed by atoms with Crippen LogP contribution in [-0.2, 0) is 19.6 Å². The van der Waals surface area contributed by atoms with Crippen molar-refractivity contribution in [1.82, 2.24) is 24.7 Å². The fraction of sp³-hybridized carbons (Fsp3) is 0.882. The number of aliphatic imine (C=N–C) groups is 1. The summed E-state index contributed by atoms with van der Waals surface area (Å²) in [4.78, 5) is 22.9. The summed E-state index contributed by atoms with van der Waals surface area (Å²) in [6.45, 7) is 10.2. The van der Waals surface area contributed by atoms with Gasteiger partial charge in [-0.3, -0.25) is 14.7 Å². The van der Waals surface area contributed by atoms with Crippen molar-refractivity contribution >= 4 is 45.9 Å². The molecule has 0 aromatic carbocycles. The second kappa shape index (κ2) is 11.6. The number of nitrogens with one attached hydrogen (secondary N) is 2. The topological polar surface area (TPSA) is 107 Å². The number of hydrogen-bond acceptors (Lipinski definition) is 6. The van der Waals surface area contributed by atoms with Crippen molar-refractivity contribution in [2.45, 2.75) is 19.4 Å². The van der Waals surface area contributed by atoms with Crippen LogP contribution in [0.4, 0.5) is 0 Å². The fourth-order valence-corrected chi connectivity index (χ4v) is 4.47. The minimum absolute atomic E-state index is 0. The van der Waals surface area contributed by atoms with Gasteiger partial charge in [0, 0.05) is 58.4 Å². The molecule has 0 aromatic rings. The lowest BCUT2D eigenvalue weighted by Gasteiger charge is -2.38. The van der Waals surface area contributed by atoms with Gasteiger partial charge in [0.1, 0.15) is 0 Å². The molecule has 0 unspecified atom stereocenters. The van der Waals surface area contributed by atoms with Crippen molar-refractivity contribution in [3.63, 3.8) is 0 Å². The maximum atomic E-state index is 12.4. The van der Waals surface area contributed by atoms with Gasteiger partial charge >= 0.3 is 0 Å². The van der Waals surface area contributed by atoms with Crippen LogP contribution < -0.4 is 10.0 Å². The second-order valence-electron chi connectivity index (χ2n) is 7.92. The van der Waals surface area contributed by atoms with Crippen LogP contribution in [0.2, 0.25) is 0 Å². The largest absolute Gasteiger partial charge is 0.378 e. The monoisotopic (exact) mass is 546 g/mol. The number of halogens is 1. The van der Waals surface area contributed by atoms with Crippen molar-refractivity contribution in [2.24, 2.45) is 4.99 Å². The average molecular weight is 546 g/mol. The highest BCUT2D eigenvalue weighted by Crippen LogP contribution is 2.06. The van der Waals surface area contributed by atoms with Crippen LogP contribution >= 0.6 is 24.0 Å². The average Bonchev–Trinajstić information content (AvgIpc) is 2.62. The quantitative estimate of drug-likeness (QED) is 0.250. The van der Waals surface area contributed by atoms with Crippen LogP contribution in [0, 0.1) is 0 Å². The number of hydrogen-bond donors (Lipinski definition) is 2. The van der Waals surface area contributed by atoms with E-state index in [0.717, 1.165) is 38.4 Å². The van der Waals surface area contributed by atoms with Crippen molar-refractivity contribution in [2.75, 3.05) is 78.9 Å². The van der Waals surface area contributed by atoms with E-state index in [2.05, 4.69) is 24.8 Å². The Labute approximate surface area is 191 Å². The molecule has 170 valence electrons. The molecular weight excluding hydrogens is 511 g/mol. The molecule has 29 heavy (non-hydrogen) atoms. The van der Waals surface area contributed by atoms with Gasteiger partial charge in [0.25, 0.3) is 0 Å². The van der Waals surface area contributed by atoms with Gasteiger partial charge in [-0.25, -0.2) is 13.1 Å². The minimum Gasteiger partial charge on any atom is -0.378 e. The molecule has 0 bridgehead atoms. The molecular formula is C17H35IN6O4S. The number of guanidine groups is 1. The summed E-state index contributed by atoms with van der Waals surface area (Å²) in [6.07, 6.45) is 1.15. The first-order valence-corrected chi connectivity index (χ1v) is 11.5. The van der Waals surface area contributed by atoms with E-state index >= 15 is 0 Å². The molecule has 0 aromatic heterocycles. The smallest absolute Gasteiger partial charge is 0.236 e. The van der Waals surface area contributed by atoms with E-state index in [-0.39, 0.29) is 29.9 Å². The van der Waals surface area contributed by atoms with Gasteiger partial charge in [0.15, 0.2) is 5.96 Å². The Bertz CT molecular complexity index is 659. The highest BCUT2D eigenvalue weighted by molar-refractivity contribution is 14.0. The van der Waals surface area contributed by atoms with E-state index in [1.807, 2.05) is 18.7 Å². The lowest BCUT2D eigenvalue weighted by atomic mass is 10.1. The molecule has 2 N–H and O–H groups in total. The molecule has 0 atom stereocenters. The molecule has 0 aliphatic carbocycles. The number of ether oxygens (including phenoxy) is 1. The highest BCUT2D eigenvalue weighted by Gasteiger charge is 2.26. The molecule has 2 rings (SSSR count). The van der Waals surface area contributed by atoms with Crippen molar-refractivity contribution in [3.05, 3.63) is 0 Å². The number of piperazine rings is 1. The van der Waals surface area contributed by atoms with E-state index in [4.69, 9.17) is 4.74 Å². The zero-order valence-electron chi connectivity index (χ0n) is 17.8. The zero-order valence-corrected chi connectivity index (χ0v) is 21.0. The number of morpholine rings is 1. The fourth-order valence-electron chi connectivity index (χ4n) is 3.39. The molecule has 2 saturated heterocycles. The molecule has 10 nitrogen and oxygen atoms in total. The summed E-state index contributed by atoms with van der Waals surface area (Å²) in [7, 11) is -1.57. The summed E-state index contributed by atoms with van der Waals surface area (Å²) >= 11 is 0. The van der Waals surface area contributed by atoms with Gasteiger partial charge in [-0.2, -0.15) is 0 Å². The predicted octanol–water partition coefficient (Wildman–Crippen LogP) is -1.02. The number of amides is 1.